The summed E-state index contributed by atoms with van der Waals surface area (Å²) in [5, 5.41) is 12.0. The number of Topliss-reactive ketones (excluding diaryl/α,β-unsaturated/α-hetero) is 1. The van der Waals surface area contributed by atoms with Crippen molar-refractivity contribution in [3.05, 3.63) is 29.8 Å². The molecular formula is C34H49F3N2O2S. The zero-order chi connectivity index (χ0) is 30.1. The second kappa shape index (κ2) is 11.1. The number of nitrogens with zero attached hydrogens (tertiary/aromatic N) is 2. The van der Waals surface area contributed by atoms with E-state index in [-0.39, 0.29) is 39.6 Å². The molecule has 234 valence electrons. The maximum absolute atomic E-state index is 12.9. The molecule has 0 aromatic heterocycles. The monoisotopic (exact) mass is 606 g/mol. The molecule has 2 unspecified atom stereocenters. The molecule has 4 nitrogen and oxygen atoms in total. The molecule has 1 aromatic carbocycles. The number of hydrogen-bond donors (Lipinski definition) is 1. The Labute approximate surface area is 254 Å². The third kappa shape index (κ3) is 5.72. The van der Waals surface area contributed by atoms with Gasteiger partial charge in [-0.2, -0.15) is 13.2 Å². The van der Waals surface area contributed by atoms with Gasteiger partial charge in [0.15, 0.2) is 0 Å². The number of ketones is 1. The van der Waals surface area contributed by atoms with Crippen LogP contribution in [0.3, 0.4) is 0 Å². The molecule has 0 bridgehead atoms. The molecule has 0 amide bonds. The highest BCUT2D eigenvalue weighted by Gasteiger charge is 2.61. The molecule has 6 rings (SSSR count). The molecule has 1 heterocycles. The van der Waals surface area contributed by atoms with Crippen molar-refractivity contribution in [1.82, 2.24) is 9.80 Å². The Hall–Kier alpha value is -1.09. The van der Waals surface area contributed by atoms with Crippen LogP contribution in [-0.2, 0) is 11.3 Å². The fraction of sp³-hybridized carbons (Fsp3) is 0.794. The van der Waals surface area contributed by atoms with Crippen molar-refractivity contribution in [3.8, 4) is 0 Å². The number of benzene rings is 1. The Kier molecular flexibility index (Phi) is 8.14. The highest BCUT2D eigenvalue weighted by molar-refractivity contribution is 8.00. The third-order valence-corrected chi connectivity index (χ3v) is 13.5. The van der Waals surface area contributed by atoms with Gasteiger partial charge in [-0.05, 0) is 124 Å². The van der Waals surface area contributed by atoms with Gasteiger partial charge in [0.05, 0.1) is 5.60 Å². The highest BCUT2D eigenvalue weighted by atomic mass is 32.2. The Morgan fingerprint density at radius 2 is 1.71 bits per heavy atom. The summed E-state index contributed by atoms with van der Waals surface area (Å²) in [6, 6.07) is 7.33. The summed E-state index contributed by atoms with van der Waals surface area (Å²) in [6.07, 6.45) is 9.25. The van der Waals surface area contributed by atoms with Gasteiger partial charge in [0.25, 0.3) is 0 Å². The van der Waals surface area contributed by atoms with Crippen LogP contribution in [0, 0.1) is 34.5 Å². The average Bonchev–Trinajstić information content (AvgIpc) is 3.21. The summed E-state index contributed by atoms with van der Waals surface area (Å²) in [5.74, 6) is 2.96. The van der Waals surface area contributed by atoms with E-state index in [2.05, 4.69) is 37.5 Å². The lowest BCUT2D eigenvalue weighted by atomic mass is 9.44. The number of thioether (sulfide) groups is 1. The van der Waals surface area contributed by atoms with Crippen LogP contribution in [0.4, 0.5) is 13.2 Å². The average molecular weight is 607 g/mol. The first-order valence-electron chi connectivity index (χ1n) is 16.3. The lowest BCUT2D eigenvalue weighted by Gasteiger charge is -2.61. The van der Waals surface area contributed by atoms with Crippen molar-refractivity contribution in [2.75, 3.05) is 19.6 Å². The van der Waals surface area contributed by atoms with Crippen LogP contribution in [0.15, 0.2) is 29.2 Å². The van der Waals surface area contributed by atoms with Gasteiger partial charge >= 0.3 is 5.51 Å². The summed E-state index contributed by atoms with van der Waals surface area (Å²) < 4.78 is 38.7. The maximum Gasteiger partial charge on any atom is 0.446 e. The first-order valence-corrected chi connectivity index (χ1v) is 17.1. The molecule has 4 saturated carbocycles. The molecule has 0 spiro atoms. The molecule has 1 saturated heterocycles. The van der Waals surface area contributed by atoms with E-state index in [1.165, 1.54) is 25.3 Å². The van der Waals surface area contributed by atoms with Crippen LogP contribution in [0.2, 0.25) is 0 Å². The van der Waals surface area contributed by atoms with E-state index in [0.717, 1.165) is 57.2 Å². The zero-order valence-corrected chi connectivity index (χ0v) is 26.6. The lowest BCUT2D eigenvalue weighted by Crippen LogP contribution is -2.62. The second-order valence-electron chi connectivity index (χ2n) is 15.3. The zero-order valence-electron chi connectivity index (χ0n) is 25.8. The van der Waals surface area contributed by atoms with E-state index < -0.39 is 11.1 Å². The van der Waals surface area contributed by atoms with Gasteiger partial charge in [0.1, 0.15) is 5.78 Å². The van der Waals surface area contributed by atoms with E-state index in [1.807, 2.05) is 6.07 Å². The summed E-state index contributed by atoms with van der Waals surface area (Å²) >= 11 is -0.0530. The second-order valence-corrected chi connectivity index (χ2v) is 16.4. The van der Waals surface area contributed by atoms with E-state index >= 15 is 0 Å². The van der Waals surface area contributed by atoms with Gasteiger partial charge in [-0.25, -0.2) is 0 Å². The lowest BCUT2D eigenvalue weighted by molar-refractivity contribution is -0.160. The Morgan fingerprint density at radius 3 is 2.48 bits per heavy atom. The number of hydrogen-bond acceptors (Lipinski definition) is 5. The smallest absolute Gasteiger partial charge is 0.389 e. The van der Waals surface area contributed by atoms with Crippen molar-refractivity contribution in [1.29, 1.82) is 0 Å². The third-order valence-electron chi connectivity index (χ3n) is 12.8. The highest BCUT2D eigenvalue weighted by Crippen LogP contribution is 2.66. The van der Waals surface area contributed by atoms with Gasteiger partial charge in [0, 0.05) is 55.0 Å². The van der Waals surface area contributed by atoms with Crippen molar-refractivity contribution < 1.29 is 23.1 Å². The minimum Gasteiger partial charge on any atom is -0.389 e. The summed E-state index contributed by atoms with van der Waals surface area (Å²) in [7, 11) is 0. The van der Waals surface area contributed by atoms with Crippen molar-refractivity contribution in [3.63, 3.8) is 0 Å². The van der Waals surface area contributed by atoms with Crippen LogP contribution in [0.25, 0.3) is 0 Å². The number of carbonyl (C=O) groups excluding carboxylic acids is 1. The molecule has 8 heteroatoms. The minimum atomic E-state index is -4.28. The molecule has 5 fully saturated rings. The topological polar surface area (TPSA) is 43.8 Å². The Balaban J connectivity index is 1.07. The number of halogens is 3. The van der Waals surface area contributed by atoms with Gasteiger partial charge in [0.2, 0.25) is 0 Å². The first-order chi connectivity index (χ1) is 19.7. The van der Waals surface area contributed by atoms with Crippen LogP contribution >= 0.6 is 11.8 Å². The molecular weight excluding hydrogens is 557 g/mol. The van der Waals surface area contributed by atoms with Gasteiger partial charge in [-0.1, -0.05) is 26.0 Å². The van der Waals surface area contributed by atoms with Gasteiger partial charge < -0.3 is 5.11 Å². The van der Waals surface area contributed by atoms with Crippen LogP contribution in [0.5, 0.6) is 0 Å². The normalized spacial score (nSPS) is 43.1. The largest absolute Gasteiger partial charge is 0.446 e. The molecule has 1 aliphatic heterocycles. The molecule has 1 N–H and O–H groups in total. The number of piperazine rings is 1. The van der Waals surface area contributed by atoms with Crippen LogP contribution in [-0.4, -0.2) is 63.5 Å². The number of carbonyl (C=O) groups is 1. The summed E-state index contributed by atoms with van der Waals surface area (Å²) in [4.78, 5) is 17.8. The van der Waals surface area contributed by atoms with E-state index in [1.54, 1.807) is 12.1 Å². The van der Waals surface area contributed by atoms with Gasteiger partial charge in [-0.3, -0.25) is 14.6 Å². The number of aliphatic hydroxyl groups is 1. The fourth-order valence-corrected chi connectivity index (χ4v) is 11.0. The number of alkyl halides is 3. The van der Waals surface area contributed by atoms with E-state index in [9.17, 15) is 23.1 Å². The summed E-state index contributed by atoms with van der Waals surface area (Å²) in [6.45, 7) is 12.2. The van der Waals surface area contributed by atoms with E-state index in [0.29, 0.717) is 42.5 Å². The van der Waals surface area contributed by atoms with Crippen LogP contribution < -0.4 is 0 Å². The van der Waals surface area contributed by atoms with E-state index in [4.69, 9.17) is 0 Å². The number of β-amino-alcohol motifs (C(OH)–C–C–N with tert-alkyl or cyclic N) is 1. The summed E-state index contributed by atoms with van der Waals surface area (Å²) in [5.41, 5.74) is -3.88. The quantitative estimate of drug-likeness (QED) is 0.351. The molecule has 1 aromatic rings. The predicted molar refractivity (Wildman–Crippen MR) is 161 cm³/mol. The maximum atomic E-state index is 12.9. The Morgan fingerprint density at radius 1 is 0.976 bits per heavy atom. The number of fused-ring (bicyclic) bond motifs is 5. The SMILES string of the molecule is CC1CN(C[C@@]2(O)CC[C@@]3(C)[C@@H](CC[C@@H]4[C@@H]3CC[C@]3(C)C(=O)CC[C@@H]43)C2)C(C)CN1Cc1cccc(SC(F)(F)F)c1. The molecule has 9 atom stereocenters. The standard InChI is InChI=1S/C34H49F3N2O2S/c1-22-19-39(23(2)18-38(22)20-24-6-5-7-26(16-24)42-34(35,36)37)21-33(41)15-14-31(3)25(17-33)8-9-27-28-10-11-30(40)32(28,4)13-12-29(27)31/h5-7,16,22-23,25,27-29,41H,8-15,17-21H2,1-4H3/t22?,23?,25-,27-,28-,29-,31-,32-,33+/m0/s1. The molecule has 0 radical (unpaired) electrons. The van der Waals surface area contributed by atoms with Crippen molar-refractivity contribution >= 4 is 17.5 Å². The first kappa shape index (κ1) is 30.9. The van der Waals surface area contributed by atoms with Crippen molar-refractivity contribution in [2.45, 2.75) is 120 Å². The fourth-order valence-electron chi connectivity index (χ4n) is 10.4. The van der Waals surface area contributed by atoms with Crippen LogP contribution in [0.1, 0.15) is 91.0 Å². The number of rotatable bonds is 5. The van der Waals surface area contributed by atoms with Gasteiger partial charge in [-0.15, -0.1) is 0 Å². The van der Waals surface area contributed by atoms with Crippen molar-refractivity contribution in [2.24, 2.45) is 34.5 Å². The molecule has 42 heavy (non-hydrogen) atoms. The molecule has 4 aliphatic carbocycles. The minimum absolute atomic E-state index is 0.0530. The predicted octanol–water partition coefficient (Wildman–Crippen LogP) is 7.54. The molecule has 5 aliphatic rings. The Bertz CT molecular complexity index is 1180.